The molecule has 4 N–H and O–H groups in total. The van der Waals surface area contributed by atoms with Crippen LogP contribution in [0.1, 0.15) is 10.4 Å². The highest BCUT2D eigenvalue weighted by Gasteiger charge is 2.41. The van der Waals surface area contributed by atoms with Crippen LogP contribution in [0.2, 0.25) is 0 Å². The lowest BCUT2D eigenvalue weighted by Crippen LogP contribution is -2.41. The van der Waals surface area contributed by atoms with Crippen LogP contribution >= 0.6 is 0 Å². The summed E-state index contributed by atoms with van der Waals surface area (Å²) in [6.45, 7) is -1.61. The summed E-state index contributed by atoms with van der Waals surface area (Å²) in [4.78, 5) is 21.4. The molecule has 7 nitrogen and oxygen atoms in total. The van der Waals surface area contributed by atoms with E-state index in [0.29, 0.717) is 0 Å². The van der Waals surface area contributed by atoms with Crippen molar-refractivity contribution in [2.75, 3.05) is 12.0 Å². The Morgan fingerprint density at radius 3 is 2.52 bits per heavy atom. The largest absolute Gasteiger partial charge is 0.346 e. The van der Waals surface area contributed by atoms with Gasteiger partial charge >= 0.3 is 12.3 Å². The lowest BCUT2D eigenvalue weighted by Gasteiger charge is -2.16. The number of nitrogens with one attached hydrogen (secondary N) is 2. The lowest BCUT2D eigenvalue weighted by molar-refractivity contribution is -0.384. The Balaban J connectivity index is 2.96. The van der Waals surface area contributed by atoms with Crippen molar-refractivity contribution in [1.29, 1.82) is 0 Å². The Bertz CT molecular complexity index is 553. The maximum Gasteiger partial charge on any atom is 0.324 e. The van der Waals surface area contributed by atoms with Gasteiger partial charge in [-0.05, 0) is 6.07 Å². The number of alkyl halides is 4. The Morgan fingerprint density at radius 1 is 1.43 bits per heavy atom. The molecule has 1 amide bonds. The number of nitro benzene ring substituents is 1. The standard InChI is InChI=1S/C10H10F4N4O3/c11-9(12)10(13,14)4-16-8(19)6-3-5(18(20)21)1-2-7(6)17-15/h1-3,9,17H,4,15H2,(H,16,19). The molecule has 0 saturated carbocycles. The van der Waals surface area contributed by atoms with Crippen molar-refractivity contribution in [3.63, 3.8) is 0 Å². The first-order valence-electron chi connectivity index (χ1n) is 5.38. The maximum atomic E-state index is 12.7. The molecule has 0 radical (unpaired) electrons. The highest BCUT2D eigenvalue weighted by Crippen LogP contribution is 2.24. The number of benzene rings is 1. The number of amides is 1. The molecule has 0 saturated heterocycles. The van der Waals surface area contributed by atoms with Gasteiger partial charge in [-0.1, -0.05) is 0 Å². The molecule has 0 aliphatic heterocycles. The second kappa shape index (κ2) is 6.35. The fraction of sp³-hybridized carbons (Fsp3) is 0.300. The number of hydrogen-bond acceptors (Lipinski definition) is 5. The molecule has 0 aromatic heterocycles. The lowest BCUT2D eigenvalue weighted by atomic mass is 10.1. The van der Waals surface area contributed by atoms with E-state index in [4.69, 9.17) is 5.84 Å². The number of nitrogens with zero attached hydrogens (tertiary/aromatic N) is 1. The fourth-order valence-corrected chi connectivity index (χ4v) is 1.33. The second-order valence-electron chi connectivity index (χ2n) is 3.88. The third kappa shape index (κ3) is 4.02. The van der Waals surface area contributed by atoms with E-state index < -0.39 is 41.0 Å². The predicted octanol–water partition coefficient (Wildman–Crippen LogP) is 1.51. The van der Waals surface area contributed by atoms with Crippen molar-refractivity contribution < 1.29 is 27.3 Å². The second-order valence-corrected chi connectivity index (χ2v) is 3.88. The van der Waals surface area contributed by atoms with Crippen LogP contribution < -0.4 is 16.6 Å². The normalized spacial score (nSPS) is 11.3. The fourth-order valence-electron chi connectivity index (χ4n) is 1.33. The molecule has 0 atom stereocenters. The summed E-state index contributed by atoms with van der Waals surface area (Å²) >= 11 is 0. The number of hydrazine groups is 1. The summed E-state index contributed by atoms with van der Waals surface area (Å²) in [5, 5.41) is 12.2. The van der Waals surface area contributed by atoms with Crippen LogP contribution in [0.3, 0.4) is 0 Å². The number of halogens is 4. The quantitative estimate of drug-likeness (QED) is 0.319. The van der Waals surface area contributed by atoms with E-state index in [2.05, 4.69) is 0 Å². The van der Waals surface area contributed by atoms with E-state index >= 15 is 0 Å². The summed E-state index contributed by atoms with van der Waals surface area (Å²) < 4.78 is 49.3. The first-order chi connectivity index (χ1) is 9.69. The number of carbonyl (C=O) groups excluding carboxylic acids is 1. The minimum Gasteiger partial charge on any atom is -0.346 e. The Hall–Kier alpha value is -2.43. The number of nitrogens with two attached hydrogens (primary N) is 1. The number of carbonyl (C=O) groups is 1. The molecule has 0 fully saturated rings. The molecule has 0 spiro atoms. The summed E-state index contributed by atoms with van der Waals surface area (Å²) in [7, 11) is 0. The van der Waals surface area contributed by atoms with Crippen LogP contribution in [0.4, 0.5) is 28.9 Å². The summed E-state index contributed by atoms with van der Waals surface area (Å²) in [6, 6.07) is 2.89. The van der Waals surface area contributed by atoms with Crippen molar-refractivity contribution in [3.05, 3.63) is 33.9 Å². The first kappa shape index (κ1) is 16.6. The maximum absolute atomic E-state index is 12.7. The molecule has 1 aromatic rings. The molecule has 0 heterocycles. The van der Waals surface area contributed by atoms with Crippen LogP contribution in [-0.2, 0) is 0 Å². The monoisotopic (exact) mass is 310 g/mol. The van der Waals surface area contributed by atoms with E-state index in [-0.39, 0.29) is 5.69 Å². The average Bonchev–Trinajstić information content (AvgIpc) is 2.43. The molecular formula is C10H10F4N4O3. The van der Waals surface area contributed by atoms with Crippen molar-refractivity contribution in [1.82, 2.24) is 5.32 Å². The zero-order valence-corrected chi connectivity index (χ0v) is 10.3. The molecule has 21 heavy (non-hydrogen) atoms. The van der Waals surface area contributed by atoms with Gasteiger partial charge in [-0.2, -0.15) is 8.78 Å². The topological polar surface area (TPSA) is 110 Å². The third-order valence-corrected chi connectivity index (χ3v) is 2.42. The van der Waals surface area contributed by atoms with Crippen molar-refractivity contribution in [2.45, 2.75) is 12.3 Å². The van der Waals surface area contributed by atoms with E-state index in [1.165, 1.54) is 0 Å². The molecule has 1 aromatic carbocycles. The smallest absolute Gasteiger partial charge is 0.324 e. The molecule has 0 aliphatic carbocycles. The number of nitrogen functional groups attached to an aromatic ring is 1. The summed E-state index contributed by atoms with van der Waals surface area (Å²) in [5.74, 6) is -0.535. The zero-order valence-electron chi connectivity index (χ0n) is 10.3. The molecule has 0 bridgehead atoms. The molecule has 0 unspecified atom stereocenters. The molecule has 0 aliphatic rings. The van der Waals surface area contributed by atoms with Crippen LogP contribution in [0, 0.1) is 10.1 Å². The van der Waals surface area contributed by atoms with Gasteiger partial charge in [0.15, 0.2) is 0 Å². The van der Waals surface area contributed by atoms with Crippen molar-refractivity contribution >= 4 is 17.3 Å². The molecule has 116 valence electrons. The van der Waals surface area contributed by atoms with Crippen molar-refractivity contribution in [3.8, 4) is 0 Å². The van der Waals surface area contributed by atoms with E-state index in [1.54, 1.807) is 5.32 Å². The Kier molecular flexibility index (Phi) is 5.02. The van der Waals surface area contributed by atoms with Crippen molar-refractivity contribution in [2.24, 2.45) is 5.84 Å². The van der Waals surface area contributed by atoms with E-state index in [1.807, 2.05) is 5.43 Å². The molecular weight excluding hydrogens is 300 g/mol. The van der Waals surface area contributed by atoms with Gasteiger partial charge in [-0.3, -0.25) is 20.8 Å². The van der Waals surface area contributed by atoms with Gasteiger partial charge in [0.1, 0.15) is 0 Å². The molecule has 11 heteroatoms. The summed E-state index contributed by atoms with van der Waals surface area (Å²) in [6.07, 6.45) is -3.95. The first-order valence-corrected chi connectivity index (χ1v) is 5.38. The zero-order chi connectivity index (χ0) is 16.2. The average molecular weight is 310 g/mol. The van der Waals surface area contributed by atoms with Crippen LogP contribution in [0.5, 0.6) is 0 Å². The van der Waals surface area contributed by atoms with Gasteiger partial charge in [0.05, 0.1) is 22.7 Å². The minimum absolute atomic E-state index is 0.0848. The van der Waals surface area contributed by atoms with Gasteiger partial charge in [0.2, 0.25) is 0 Å². The predicted molar refractivity (Wildman–Crippen MR) is 64.2 cm³/mol. The SMILES string of the molecule is NNc1ccc([N+](=O)[O-])cc1C(=O)NCC(F)(F)C(F)F. The van der Waals surface area contributed by atoms with Crippen LogP contribution in [-0.4, -0.2) is 29.7 Å². The van der Waals surface area contributed by atoms with Gasteiger partial charge in [0.25, 0.3) is 11.6 Å². The third-order valence-electron chi connectivity index (χ3n) is 2.42. The molecule has 1 rings (SSSR count). The number of nitro groups is 1. The van der Waals surface area contributed by atoms with Crippen LogP contribution in [0.25, 0.3) is 0 Å². The van der Waals surface area contributed by atoms with Gasteiger partial charge < -0.3 is 10.7 Å². The van der Waals surface area contributed by atoms with Gasteiger partial charge in [-0.25, -0.2) is 8.78 Å². The summed E-state index contributed by atoms with van der Waals surface area (Å²) in [5.41, 5.74) is 1.05. The number of anilines is 1. The van der Waals surface area contributed by atoms with Gasteiger partial charge in [-0.15, -0.1) is 0 Å². The van der Waals surface area contributed by atoms with Gasteiger partial charge in [0, 0.05) is 12.1 Å². The number of rotatable bonds is 6. The Morgan fingerprint density at radius 2 is 2.05 bits per heavy atom. The highest BCUT2D eigenvalue weighted by molar-refractivity contribution is 6.00. The minimum atomic E-state index is -4.41. The highest BCUT2D eigenvalue weighted by atomic mass is 19.3. The van der Waals surface area contributed by atoms with E-state index in [0.717, 1.165) is 18.2 Å². The Labute approximate surface area is 115 Å². The number of hydrogen-bond donors (Lipinski definition) is 3. The van der Waals surface area contributed by atoms with E-state index in [9.17, 15) is 32.5 Å². The van der Waals surface area contributed by atoms with Crippen LogP contribution in [0.15, 0.2) is 18.2 Å². The number of non-ortho nitro benzene ring substituents is 1.